The molecule has 0 aliphatic carbocycles. The number of hydrogen-bond donors (Lipinski definition) is 2. The molecule has 202 valence electrons. The molecule has 1 aliphatic heterocycles. The van der Waals surface area contributed by atoms with E-state index in [0.29, 0.717) is 29.2 Å². The Morgan fingerprint density at radius 1 is 1.10 bits per heavy atom. The van der Waals surface area contributed by atoms with Gasteiger partial charge in [-0.05, 0) is 59.9 Å². The molecule has 6 nitrogen and oxygen atoms in total. The van der Waals surface area contributed by atoms with E-state index in [9.17, 15) is 26.7 Å². The van der Waals surface area contributed by atoms with Crippen molar-refractivity contribution >= 4 is 38.5 Å². The standard InChI is InChI=1S/C28H24F3N3O3S2/c1-17-7-3-6-10-24(17)39(36,37)34-14-13-20-15-21(11-12-23(20)34)26-18(2)38-27(33-26)32-25(35)16-19-8-4-5-9-22(19)28(29,30)31/h3-12,15H,13-14,16H2,1-2H3,(H-,32,33,35,36,37)/p+1. The number of thiazole rings is 1. The molecule has 39 heavy (non-hydrogen) atoms. The molecule has 3 aromatic carbocycles. The maximum atomic E-state index is 13.5. The van der Waals surface area contributed by atoms with Crippen LogP contribution in [0.5, 0.6) is 0 Å². The summed E-state index contributed by atoms with van der Waals surface area (Å²) in [5.41, 5.74) is 2.81. The zero-order valence-electron chi connectivity index (χ0n) is 21.1. The molecule has 1 atom stereocenters. The average Bonchev–Trinajstić information content (AvgIpc) is 3.46. The van der Waals surface area contributed by atoms with Crippen molar-refractivity contribution in [3.05, 3.63) is 93.9 Å². The second-order valence-corrected chi connectivity index (χ2v) is 12.3. The molecule has 1 aromatic heterocycles. The Kier molecular flexibility index (Phi) is 7.08. The van der Waals surface area contributed by atoms with Crippen LogP contribution in [-0.4, -0.2) is 22.0 Å². The predicted octanol–water partition coefficient (Wildman–Crippen LogP) is 6.94. The summed E-state index contributed by atoms with van der Waals surface area (Å²) in [4.78, 5) is 18.3. The number of amides is 1. The smallest absolute Gasteiger partial charge is 0.302 e. The van der Waals surface area contributed by atoms with E-state index in [2.05, 4.69) is 10.3 Å². The van der Waals surface area contributed by atoms with Crippen LogP contribution < -0.4 is 9.62 Å². The summed E-state index contributed by atoms with van der Waals surface area (Å²) < 4.78 is 65.9. The third kappa shape index (κ3) is 5.34. The van der Waals surface area contributed by atoms with Gasteiger partial charge >= 0.3 is 16.6 Å². The Bertz CT molecular complexity index is 1620. The highest BCUT2D eigenvalue weighted by molar-refractivity contribution is 7.99. The molecule has 0 radical (unpaired) electrons. The van der Waals surface area contributed by atoms with Gasteiger partial charge in [0, 0.05) is 16.0 Å². The largest absolute Gasteiger partial charge is 0.416 e. The van der Waals surface area contributed by atoms with Crippen LogP contribution in [-0.2, 0) is 38.4 Å². The van der Waals surface area contributed by atoms with Gasteiger partial charge in [-0.25, -0.2) is 4.98 Å². The molecule has 0 bridgehead atoms. The van der Waals surface area contributed by atoms with Crippen molar-refractivity contribution in [3.8, 4) is 11.3 Å². The third-order valence-electron chi connectivity index (χ3n) is 6.60. The molecule has 5 rings (SSSR count). The summed E-state index contributed by atoms with van der Waals surface area (Å²) in [7, 11) is -3.46. The maximum Gasteiger partial charge on any atom is 0.416 e. The molecule has 0 spiro atoms. The Morgan fingerprint density at radius 2 is 1.82 bits per heavy atom. The quantitative estimate of drug-likeness (QED) is 0.245. The number of anilines is 2. The van der Waals surface area contributed by atoms with Crippen LogP contribution in [0.25, 0.3) is 11.3 Å². The lowest BCUT2D eigenvalue weighted by atomic mass is 10.0. The minimum atomic E-state index is -4.55. The second kappa shape index (κ2) is 10.2. The van der Waals surface area contributed by atoms with Gasteiger partial charge in [0.2, 0.25) is 10.8 Å². The second-order valence-electron chi connectivity index (χ2n) is 9.26. The highest BCUT2D eigenvalue weighted by Gasteiger charge is 2.43. The van der Waals surface area contributed by atoms with E-state index in [4.69, 9.17) is 0 Å². The third-order valence-corrected chi connectivity index (χ3v) is 9.50. The number of nitrogens with zero attached hydrogens (tertiary/aromatic N) is 2. The van der Waals surface area contributed by atoms with Crippen LogP contribution in [0.4, 0.5) is 24.0 Å². The first-order chi connectivity index (χ1) is 18.4. The minimum absolute atomic E-state index is 0.106. The normalized spacial score (nSPS) is 14.7. The van der Waals surface area contributed by atoms with Gasteiger partial charge < -0.3 is 5.32 Å². The van der Waals surface area contributed by atoms with Gasteiger partial charge in [0.25, 0.3) is 0 Å². The molecular weight excluding hydrogens is 547 g/mol. The minimum Gasteiger partial charge on any atom is -0.302 e. The van der Waals surface area contributed by atoms with Gasteiger partial charge in [0.15, 0.2) is 5.13 Å². The van der Waals surface area contributed by atoms with Gasteiger partial charge in [-0.2, -0.15) is 22.0 Å². The van der Waals surface area contributed by atoms with Gasteiger partial charge in [0.05, 0.1) is 29.9 Å². The first kappa shape index (κ1) is 27.0. The van der Waals surface area contributed by atoms with Crippen LogP contribution in [0.3, 0.4) is 0 Å². The van der Waals surface area contributed by atoms with Crippen molar-refractivity contribution in [1.82, 2.24) is 4.98 Å². The van der Waals surface area contributed by atoms with Crippen LogP contribution >= 0.6 is 11.3 Å². The van der Waals surface area contributed by atoms with E-state index >= 15 is 0 Å². The maximum absolute atomic E-state index is 13.5. The van der Waals surface area contributed by atoms with Gasteiger partial charge in [-0.1, -0.05) is 42.5 Å². The Hall–Kier alpha value is -3.54. The summed E-state index contributed by atoms with van der Waals surface area (Å²) in [5, 5.41) is 2.91. The summed E-state index contributed by atoms with van der Waals surface area (Å²) in [5.74, 6) is -0.592. The van der Waals surface area contributed by atoms with Crippen LogP contribution in [0.15, 0.2) is 71.6 Å². The van der Waals surface area contributed by atoms with Gasteiger partial charge in [-0.15, -0.1) is 11.3 Å². The molecule has 0 fully saturated rings. The monoisotopic (exact) mass is 572 g/mol. The lowest BCUT2D eigenvalue weighted by Gasteiger charge is -2.18. The van der Waals surface area contributed by atoms with E-state index in [-0.39, 0.29) is 10.7 Å². The number of carbonyl (C=O) groups is 1. The number of alkyl halides is 3. The molecule has 4 aromatic rings. The van der Waals surface area contributed by atoms with Crippen molar-refractivity contribution in [2.24, 2.45) is 0 Å². The van der Waals surface area contributed by atoms with E-state index in [1.54, 1.807) is 18.2 Å². The van der Waals surface area contributed by atoms with E-state index in [0.717, 1.165) is 27.6 Å². The van der Waals surface area contributed by atoms with Crippen LogP contribution in [0, 0.1) is 13.8 Å². The summed E-state index contributed by atoms with van der Waals surface area (Å²) >= 11 is 1.23. The molecule has 1 unspecified atom stereocenters. The Morgan fingerprint density at radius 3 is 2.56 bits per heavy atom. The van der Waals surface area contributed by atoms with E-state index < -0.39 is 34.5 Å². The van der Waals surface area contributed by atoms with Gasteiger partial charge in [0.1, 0.15) is 0 Å². The number of carbonyl (C=O) groups excluding carboxylic acids is 1. The summed E-state index contributed by atoms with van der Waals surface area (Å²) in [6.45, 7) is 4.04. The Balaban J connectivity index is 1.35. The first-order valence-corrected chi connectivity index (χ1v) is 14.4. The first-order valence-electron chi connectivity index (χ1n) is 12.1. The highest BCUT2D eigenvalue weighted by Crippen LogP contribution is 2.40. The predicted molar refractivity (Wildman–Crippen MR) is 147 cm³/mol. The van der Waals surface area contributed by atoms with E-state index in [1.807, 2.05) is 38.1 Å². The van der Waals surface area contributed by atoms with Crippen molar-refractivity contribution in [1.29, 1.82) is 0 Å². The lowest BCUT2D eigenvalue weighted by Crippen LogP contribution is -2.35. The van der Waals surface area contributed by atoms with Crippen LogP contribution in [0.2, 0.25) is 0 Å². The number of benzene rings is 3. The van der Waals surface area contributed by atoms with Crippen molar-refractivity contribution in [3.63, 3.8) is 0 Å². The molecule has 2 heterocycles. The average molecular weight is 573 g/mol. The number of nitrogens with one attached hydrogen (secondary N) is 1. The molecular formula is C28H25F3N3O3S2+. The van der Waals surface area contributed by atoms with Crippen molar-refractivity contribution in [2.45, 2.75) is 37.8 Å². The topological polar surface area (TPSA) is 82.5 Å². The molecule has 1 amide bonds. The highest BCUT2D eigenvalue weighted by atomic mass is 32.3. The zero-order valence-corrected chi connectivity index (χ0v) is 22.7. The van der Waals surface area contributed by atoms with Crippen LogP contribution in [0.1, 0.15) is 27.1 Å². The molecule has 0 saturated heterocycles. The number of hydrogen-bond acceptors (Lipinski definition) is 4. The molecule has 1 aliphatic rings. The summed E-state index contributed by atoms with van der Waals surface area (Å²) in [6.07, 6.45) is -4.40. The Labute approximate surface area is 228 Å². The van der Waals surface area contributed by atoms with Crippen molar-refractivity contribution < 1.29 is 26.7 Å². The van der Waals surface area contributed by atoms with Gasteiger partial charge in [-0.3, -0.25) is 4.79 Å². The number of halogens is 3. The number of aromatic nitrogens is 1. The molecule has 0 saturated carbocycles. The summed E-state index contributed by atoms with van der Waals surface area (Å²) in [6, 6.07) is 17.6. The fourth-order valence-electron chi connectivity index (χ4n) is 4.75. The van der Waals surface area contributed by atoms with E-state index in [1.165, 1.54) is 33.8 Å². The number of rotatable bonds is 6. The molecule has 11 heteroatoms. The number of aryl methyl sites for hydroxylation is 2. The van der Waals surface area contributed by atoms with Crippen molar-refractivity contribution in [2.75, 3.05) is 16.2 Å². The number of fused-ring (bicyclic) bond motifs is 1. The SMILES string of the molecule is Cc1ccccc1[S+](=O)(O)N1CCc2cc(-c3nc(NC(=O)Cc4ccccc4C(F)(F)F)sc3C)ccc21. The fraction of sp³-hybridized carbons (Fsp3) is 0.214. The molecule has 2 N–H and O–H groups in total. The lowest BCUT2D eigenvalue weighted by molar-refractivity contribution is -0.138. The zero-order chi connectivity index (χ0) is 27.9. The fourth-order valence-corrected chi connectivity index (χ4v) is 7.37.